The topological polar surface area (TPSA) is 118 Å². The highest BCUT2D eigenvalue weighted by molar-refractivity contribution is 8.00. The predicted molar refractivity (Wildman–Crippen MR) is 115 cm³/mol. The van der Waals surface area contributed by atoms with Gasteiger partial charge in [-0.2, -0.15) is 0 Å². The largest absolute Gasteiger partial charge is 0.395 e. The Labute approximate surface area is 178 Å². The molecule has 3 heterocycles. The number of aliphatic hydroxyl groups is 1. The van der Waals surface area contributed by atoms with Gasteiger partial charge in [0, 0.05) is 52.4 Å². The minimum Gasteiger partial charge on any atom is -0.395 e. The molecule has 1 amide bonds. The number of hydrogen-bond donors (Lipinski definition) is 2. The molecule has 0 bridgehead atoms. The summed E-state index contributed by atoms with van der Waals surface area (Å²) in [5.74, 6) is 0.888. The molecule has 2 N–H and O–H groups in total. The molecule has 12 heteroatoms. The fourth-order valence-electron chi connectivity index (χ4n) is 3.59. The Balaban J connectivity index is 1.73. The van der Waals surface area contributed by atoms with Crippen molar-refractivity contribution >= 4 is 28.8 Å². The molecular weight excluding hydrogens is 410 g/mol. The molecule has 1 fully saturated rings. The van der Waals surface area contributed by atoms with Crippen LogP contribution < -0.4 is 16.7 Å². The second-order valence-corrected chi connectivity index (χ2v) is 8.43. The van der Waals surface area contributed by atoms with E-state index in [-0.39, 0.29) is 23.4 Å². The summed E-state index contributed by atoms with van der Waals surface area (Å²) in [5.41, 5.74) is 2.99. The molecule has 0 spiro atoms. The van der Waals surface area contributed by atoms with Gasteiger partial charge in [-0.3, -0.25) is 24.1 Å². The number of imidazole rings is 1. The lowest BCUT2D eigenvalue weighted by Crippen LogP contribution is -2.43. The van der Waals surface area contributed by atoms with Crippen LogP contribution in [0.4, 0.5) is 0 Å². The number of aliphatic hydroxyl groups excluding tert-OH is 1. The zero-order valence-corrected chi connectivity index (χ0v) is 18.4. The number of nitrogens with one attached hydrogen (secondary N) is 1. The minimum absolute atomic E-state index is 0.0409. The van der Waals surface area contributed by atoms with Crippen molar-refractivity contribution in [3.05, 3.63) is 27.2 Å². The van der Waals surface area contributed by atoms with Crippen molar-refractivity contribution < 1.29 is 9.90 Å². The first-order valence-electron chi connectivity index (χ1n) is 10.00. The molecule has 1 atom stereocenters. The zero-order valence-electron chi connectivity index (χ0n) is 17.6. The molecule has 1 aliphatic heterocycles. The van der Waals surface area contributed by atoms with Crippen molar-refractivity contribution in [3.8, 4) is 0 Å². The van der Waals surface area contributed by atoms with E-state index in [0.717, 1.165) is 16.9 Å². The second kappa shape index (κ2) is 9.77. The second-order valence-electron chi connectivity index (χ2n) is 7.15. The third-order valence-corrected chi connectivity index (χ3v) is 6.51. The van der Waals surface area contributed by atoms with Crippen LogP contribution in [0.25, 0.3) is 11.2 Å². The van der Waals surface area contributed by atoms with Crippen LogP contribution in [0.1, 0.15) is 13.3 Å². The molecule has 166 valence electrons. The first-order valence-corrected chi connectivity index (χ1v) is 11.0. The van der Waals surface area contributed by atoms with Crippen LogP contribution in [0.5, 0.6) is 0 Å². The quantitative estimate of drug-likeness (QED) is 0.456. The van der Waals surface area contributed by atoms with E-state index >= 15 is 0 Å². The van der Waals surface area contributed by atoms with Crippen molar-refractivity contribution in [2.45, 2.75) is 25.3 Å². The fraction of sp³-hybridized carbons (Fsp3) is 0.667. The van der Waals surface area contributed by atoms with Gasteiger partial charge in [-0.25, -0.2) is 14.8 Å². The lowest BCUT2D eigenvalue weighted by molar-refractivity contribution is -0.131. The van der Waals surface area contributed by atoms with Crippen molar-refractivity contribution in [2.75, 3.05) is 38.5 Å². The Kier molecular flexibility index (Phi) is 7.34. The third-order valence-electron chi connectivity index (χ3n) is 5.31. The molecular formula is C18H29N7O4S. The molecule has 1 saturated heterocycles. The molecule has 0 aromatic carbocycles. The van der Waals surface area contributed by atoms with E-state index in [1.807, 2.05) is 16.8 Å². The molecule has 2 aromatic rings. The monoisotopic (exact) mass is 439 g/mol. The van der Waals surface area contributed by atoms with Gasteiger partial charge >= 0.3 is 5.69 Å². The van der Waals surface area contributed by atoms with E-state index in [0.29, 0.717) is 43.8 Å². The van der Waals surface area contributed by atoms with Crippen LogP contribution in [0.15, 0.2) is 15.9 Å². The Morgan fingerprint density at radius 3 is 2.83 bits per heavy atom. The zero-order chi connectivity index (χ0) is 21.8. The van der Waals surface area contributed by atoms with Crippen LogP contribution in [-0.2, 0) is 25.4 Å². The highest BCUT2D eigenvalue weighted by Gasteiger charge is 2.30. The van der Waals surface area contributed by atoms with Crippen LogP contribution in [0.3, 0.4) is 0 Å². The number of hydrogen-bond acceptors (Lipinski definition) is 8. The number of rotatable bonds is 9. The molecule has 1 unspecified atom stereocenters. The van der Waals surface area contributed by atoms with Gasteiger partial charge in [-0.15, -0.1) is 11.8 Å². The first-order chi connectivity index (χ1) is 14.4. The predicted octanol–water partition coefficient (Wildman–Crippen LogP) is -1.46. The third kappa shape index (κ3) is 4.46. The van der Waals surface area contributed by atoms with Crippen molar-refractivity contribution in [3.63, 3.8) is 0 Å². The number of nitrogens with zero attached hydrogens (tertiary/aromatic N) is 6. The minimum atomic E-state index is -0.417. The maximum Gasteiger partial charge on any atom is 0.332 e. The number of carbonyl (C=O) groups is 1. The molecule has 0 saturated carbocycles. The van der Waals surface area contributed by atoms with Gasteiger partial charge in [-0.1, -0.05) is 6.92 Å². The van der Waals surface area contributed by atoms with Gasteiger partial charge in [0.15, 0.2) is 11.2 Å². The van der Waals surface area contributed by atoms with Gasteiger partial charge in [0.1, 0.15) is 0 Å². The van der Waals surface area contributed by atoms with Crippen LogP contribution in [-0.4, -0.2) is 83.5 Å². The number of carbonyl (C=O) groups excluding carboxylic acids is 1. The standard InChI is InChI=1S/C18H29N7O4S/c1-4-24(20-6-9-26)7-5-13(27)25-8-10-30-14(25)11-23-12-19-16-15(23)17(28)22(3)18(29)21(16)2/h12,14,20,26H,4-11H2,1-3H3. The van der Waals surface area contributed by atoms with Gasteiger partial charge in [0.25, 0.3) is 5.56 Å². The Morgan fingerprint density at radius 2 is 2.13 bits per heavy atom. The normalized spacial score (nSPS) is 16.8. The Morgan fingerprint density at radius 1 is 1.37 bits per heavy atom. The van der Waals surface area contributed by atoms with Gasteiger partial charge < -0.3 is 14.6 Å². The first kappa shape index (κ1) is 22.5. The summed E-state index contributed by atoms with van der Waals surface area (Å²) < 4.78 is 4.17. The van der Waals surface area contributed by atoms with Gasteiger partial charge in [-0.05, 0) is 0 Å². The summed E-state index contributed by atoms with van der Waals surface area (Å²) in [5, 5.41) is 10.8. The van der Waals surface area contributed by atoms with Crippen LogP contribution >= 0.6 is 11.8 Å². The van der Waals surface area contributed by atoms with E-state index in [9.17, 15) is 14.4 Å². The highest BCUT2D eigenvalue weighted by atomic mass is 32.2. The summed E-state index contributed by atoms with van der Waals surface area (Å²) in [6, 6.07) is 0. The average Bonchev–Trinajstić information content (AvgIpc) is 3.38. The summed E-state index contributed by atoms with van der Waals surface area (Å²) >= 11 is 1.67. The van der Waals surface area contributed by atoms with E-state index < -0.39 is 5.69 Å². The Bertz CT molecular complexity index is 1010. The molecule has 30 heavy (non-hydrogen) atoms. The van der Waals surface area contributed by atoms with E-state index in [1.165, 1.54) is 11.6 Å². The highest BCUT2D eigenvalue weighted by Crippen LogP contribution is 2.26. The molecule has 2 aromatic heterocycles. The number of hydrazine groups is 1. The van der Waals surface area contributed by atoms with E-state index in [1.54, 1.807) is 29.7 Å². The van der Waals surface area contributed by atoms with Crippen molar-refractivity contribution in [1.29, 1.82) is 0 Å². The van der Waals surface area contributed by atoms with Crippen molar-refractivity contribution in [2.24, 2.45) is 14.1 Å². The number of fused-ring (bicyclic) bond motifs is 1. The number of aromatic nitrogens is 4. The summed E-state index contributed by atoms with van der Waals surface area (Å²) in [6.07, 6.45) is 1.93. The van der Waals surface area contributed by atoms with Crippen LogP contribution in [0, 0.1) is 0 Å². The molecule has 1 aliphatic rings. The fourth-order valence-corrected chi connectivity index (χ4v) is 4.84. The number of thioether (sulfide) groups is 1. The smallest absolute Gasteiger partial charge is 0.332 e. The molecule has 11 nitrogen and oxygen atoms in total. The van der Waals surface area contributed by atoms with E-state index in [4.69, 9.17) is 5.11 Å². The molecule has 3 rings (SSSR count). The maximum absolute atomic E-state index is 12.8. The number of amides is 1. The average molecular weight is 440 g/mol. The van der Waals surface area contributed by atoms with Crippen molar-refractivity contribution in [1.82, 2.24) is 34.0 Å². The maximum atomic E-state index is 12.8. The summed E-state index contributed by atoms with van der Waals surface area (Å²) in [6.45, 7) is 4.86. The molecule has 0 aliphatic carbocycles. The summed E-state index contributed by atoms with van der Waals surface area (Å²) in [4.78, 5) is 43.7. The lowest BCUT2D eigenvalue weighted by Gasteiger charge is -2.26. The summed E-state index contributed by atoms with van der Waals surface area (Å²) in [7, 11) is 3.04. The van der Waals surface area contributed by atoms with Crippen LogP contribution in [0.2, 0.25) is 0 Å². The van der Waals surface area contributed by atoms with E-state index in [2.05, 4.69) is 10.4 Å². The number of aryl methyl sites for hydroxylation is 1. The lowest BCUT2D eigenvalue weighted by atomic mass is 10.3. The van der Waals surface area contributed by atoms with Gasteiger partial charge in [0.2, 0.25) is 5.91 Å². The SMILES string of the molecule is CCN(CCC(=O)N1CCSC1Cn1cnc2c1c(=O)n(C)c(=O)n2C)NCCO. The Hall–Kier alpha value is -2.15. The van der Waals surface area contributed by atoms with Gasteiger partial charge in [0.05, 0.1) is 24.9 Å². The molecule has 0 radical (unpaired) electrons.